The maximum atomic E-state index is 13.5. The van der Waals surface area contributed by atoms with Crippen molar-refractivity contribution in [3.8, 4) is 0 Å². The van der Waals surface area contributed by atoms with Crippen molar-refractivity contribution in [1.29, 1.82) is 0 Å². The molecule has 1 aromatic rings. The van der Waals surface area contributed by atoms with Crippen LogP contribution in [0.4, 0.5) is 0 Å². The van der Waals surface area contributed by atoms with Gasteiger partial charge in [0, 0.05) is 24.7 Å². The third-order valence-corrected chi connectivity index (χ3v) is 5.24. The summed E-state index contributed by atoms with van der Waals surface area (Å²) in [5.41, 5.74) is 5.16. The summed E-state index contributed by atoms with van der Waals surface area (Å²) >= 11 is 0. The van der Waals surface area contributed by atoms with Gasteiger partial charge in [-0.1, -0.05) is 49.6 Å². The Hall–Kier alpha value is -1.92. The highest BCUT2D eigenvalue weighted by Gasteiger charge is 2.42. The van der Waals surface area contributed by atoms with Crippen LogP contribution < -0.4 is 21.7 Å². The standard InChI is InChI=1S/C22H36N4O2/c1-21(2,3)24-14-15-25-22(16-19(23)27,17-10-6-4-7-11-17)20(28)26-18-12-8-5-9-13-18/h4,6-7,10-11,18,24-25H,5,8-9,12-16H2,1-3H3,(H2,23,27)(H,26,28). The minimum Gasteiger partial charge on any atom is -0.370 e. The summed E-state index contributed by atoms with van der Waals surface area (Å²) in [5, 5.41) is 9.97. The van der Waals surface area contributed by atoms with Gasteiger partial charge in [-0.05, 0) is 39.2 Å². The van der Waals surface area contributed by atoms with E-state index < -0.39 is 11.4 Å². The van der Waals surface area contributed by atoms with Crippen LogP contribution in [0.1, 0.15) is 64.9 Å². The van der Waals surface area contributed by atoms with Crippen molar-refractivity contribution in [3.63, 3.8) is 0 Å². The monoisotopic (exact) mass is 388 g/mol. The molecule has 0 bridgehead atoms. The van der Waals surface area contributed by atoms with Crippen LogP contribution in [0.25, 0.3) is 0 Å². The molecule has 1 saturated carbocycles. The molecular formula is C22H36N4O2. The summed E-state index contributed by atoms with van der Waals surface area (Å²) in [6.45, 7) is 7.50. The largest absolute Gasteiger partial charge is 0.370 e. The van der Waals surface area contributed by atoms with Gasteiger partial charge < -0.3 is 16.4 Å². The van der Waals surface area contributed by atoms with Crippen molar-refractivity contribution < 1.29 is 9.59 Å². The predicted octanol–water partition coefficient (Wildman–Crippen LogP) is 2.18. The van der Waals surface area contributed by atoms with Crippen LogP contribution in [0.3, 0.4) is 0 Å². The summed E-state index contributed by atoms with van der Waals surface area (Å²) < 4.78 is 0. The third kappa shape index (κ3) is 6.60. The maximum absolute atomic E-state index is 13.5. The molecule has 0 radical (unpaired) electrons. The highest BCUT2D eigenvalue weighted by Crippen LogP contribution is 2.27. The van der Waals surface area contributed by atoms with Crippen LogP contribution in [0, 0.1) is 0 Å². The number of carbonyl (C=O) groups excluding carboxylic acids is 2. The lowest BCUT2D eigenvalue weighted by Crippen LogP contribution is -2.59. The van der Waals surface area contributed by atoms with Crippen molar-refractivity contribution in [2.75, 3.05) is 13.1 Å². The highest BCUT2D eigenvalue weighted by molar-refractivity contribution is 5.93. The Balaban J connectivity index is 2.24. The molecule has 1 aliphatic carbocycles. The number of rotatable bonds is 9. The molecule has 2 amide bonds. The van der Waals surface area contributed by atoms with E-state index in [4.69, 9.17) is 5.73 Å². The van der Waals surface area contributed by atoms with E-state index in [9.17, 15) is 9.59 Å². The van der Waals surface area contributed by atoms with Crippen molar-refractivity contribution in [3.05, 3.63) is 35.9 Å². The third-order valence-electron chi connectivity index (χ3n) is 5.24. The molecule has 0 saturated heterocycles. The molecule has 6 nitrogen and oxygen atoms in total. The van der Waals surface area contributed by atoms with E-state index in [1.165, 1.54) is 6.42 Å². The van der Waals surface area contributed by atoms with Crippen LogP contribution in [-0.2, 0) is 15.1 Å². The van der Waals surface area contributed by atoms with E-state index in [1.54, 1.807) is 0 Å². The summed E-state index contributed by atoms with van der Waals surface area (Å²) in [7, 11) is 0. The molecule has 1 aliphatic rings. The van der Waals surface area contributed by atoms with Crippen LogP contribution in [-0.4, -0.2) is 36.5 Å². The summed E-state index contributed by atoms with van der Waals surface area (Å²) in [6, 6.07) is 9.59. The number of benzene rings is 1. The minimum absolute atomic E-state index is 0.0227. The number of hydrogen-bond donors (Lipinski definition) is 4. The first-order valence-electron chi connectivity index (χ1n) is 10.4. The van der Waals surface area contributed by atoms with Gasteiger partial charge in [-0.3, -0.25) is 14.9 Å². The average molecular weight is 389 g/mol. The zero-order valence-electron chi connectivity index (χ0n) is 17.5. The molecule has 1 unspecified atom stereocenters. The normalized spacial score (nSPS) is 17.7. The fourth-order valence-corrected chi connectivity index (χ4v) is 3.81. The molecule has 1 atom stereocenters. The van der Waals surface area contributed by atoms with Gasteiger partial charge in [-0.2, -0.15) is 0 Å². The second-order valence-corrected chi connectivity index (χ2v) is 8.83. The fourth-order valence-electron chi connectivity index (χ4n) is 3.81. The van der Waals surface area contributed by atoms with E-state index in [0.717, 1.165) is 31.2 Å². The van der Waals surface area contributed by atoms with Crippen molar-refractivity contribution in [2.45, 2.75) is 76.4 Å². The number of nitrogens with one attached hydrogen (secondary N) is 3. The Morgan fingerprint density at radius 2 is 1.61 bits per heavy atom. The Morgan fingerprint density at radius 1 is 1.00 bits per heavy atom. The molecule has 5 N–H and O–H groups in total. The minimum atomic E-state index is -1.16. The van der Waals surface area contributed by atoms with Crippen LogP contribution in [0.15, 0.2) is 30.3 Å². The van der Waals surface area contributed by atoms with Gasteiger partial charge in [-0.15, -0.1) is 0 Å². The van der Waals surface area contributed by atoms with E-state index in [2.05, 4.69) is 36.7 Å². The van der Waals surface area contributed by atoms with Crippen LogP contribution in [0.5, 0.6) is 0 Å². The number of primary amides is 1. The second-order valence-electron chi connectivity index (χ2n) is 8.83. The van der Waals surface area contributed by atoms with E-state index in [1.807, 2.05) is 30.3 Å². The van der Waals surface area contributed by atoms with E-state index >= 15 is 0 Å². The molecule has 2 rings (SSSR count). The summed E-state index contributed by atoms with van der Waals surface area (Å²) in [4.78, 5) is 25.4. The van der Waals surface area contributed by atoms with E-state index in [0.29, 0.717) is 13.1 Å². The first-order valence-corrected chi connectivity index (χ1v) is 10.4. The lowest BCUT2D eigenvalue weighted by atomic mass is 9.84. The van der Waals surface area contributed by atoms with Gasteiger partial charge in [0.05, 0.1) is 6.42 Å². The average Bonchev–Trinajstić information content (AvgIpc) is 2.64. The van der Waals surface area contributed by atoms with Gasteiger partial charge in [0.25, 0.3) is 0 Å². The lowest BCUT2D eigenvalue weighted by Gasteiger charge is -2.36. The van der Waals surface area contributed by atoms with Gasteiger partial charge in [0.1, 0.15) is 5.54 Å². The van der Waals surface area contributed by atoms with Crippen LogP contribution in [0.2, 0.25) is 0 Å². The Morgan fingerprint density at radius 3 is 2.18 bits per heavy atom. The number of nitrogens with two attached hydrogens (primary N) is 1. The molecule has 0 heterocycles. The van der Waals surface area contributed by atoms with E-state index in [-0.39, 0.29) is 23.9 Å². The number of carbonyl (C=O) groups is 2. The maximum Gasteiger partial charge on any atom is 0.245 e. The summed E-state index contributed by atoms with van der Waals surface area (Å²) in [5.74, 6) is -0.668. The Bertz CT molecular complexity index is 636. The second kappa shape index (κ2) is 10.0. The summed E-state index contributed by atoms with van der Waals surface area (Å²) in [6.07, 6.45) is 5.36. The quantitative estimate of drug-likeness (QED) is 0.488. The van der Waals surface area contributed by atoms with Crippen LogP contribution >= 0.6 is 0 Å². The molecule has 0 aliphatic heterocycles. The first kappa shape index (κ1) is 22.4. The SMILES string of the molecule is CC(C)(C)NCCNC(CC(N)=O)(C(=O)NC1CCCCC1)c1ccccc1. The van der Waals surface area contributed by atoms with Gasteiger partial charge in [0.2, 0.25) is 11.8 Å². The topological polar surface area (TPSA) is 96.2 Å². The zero-order chi connectivity index (χ0) is 20.6. The zero-order valence-corrected chi connectivity index (χ0v) is 17.5. The first-order chi connectivity index (χ1) is 13.2. The molecule has 0 aromatic heterocycles. The van der Waals surface area contributed by atoms with Crippen molar-refractivity contribution in [1.82, 2.24) is 16.0 Å². The Labute approximate surface area is 169 Å². The van der Waals surface area contributed by atoms with Gasteiger partial charge >= 0.3 is 0 Å². The molecule has 1 aromatic carbocycles. The highest BCUT2D eigenvalue weighted by atomic mass is 16.2. The molecule has 156 valence electrons. The van der Waals surface area contributed by atoms with Gasteiger partial charge in [-0.25, -0.2) is 0 Å². The molecule has 0 spiro atoms. The molecule has 1 fully saturated rings. The lowest BCUT2D eigenvalue weighted by molar-refractivity contribution is -0.133. The molecule has 6 heteroatoms. The van der Waals surface area contributed by atoms with Crippen molar-refractivity contribution >= 4 is 11.8 Å². The predicted molar refractivity (Wildman–Crippen MR) is 113 cm³/mol. The smallest absolute Gasteiger partial charge is 0.245 e. The number of hydrogen-bond acceptors (Lipinski definition) is 4. The molecule has 28 heavy (non-hydrogen) atoms. The fraction of sp³-hybridized carbons (Fsp3) is 0.636. The van der Waals surface area contributed by atoms with Gasteiger partial charge in [0.15, 0.2) is 0 Å². The van der Waals surface area contributed by atoms with Crippen molar-refractivity contribution in [2.24, 2.45) is 5.73 Å². The molecular weight excluding hydrogens is 352 g/mol. The number of amides is 2. The Kier molecular flexibility index (Phi) is 8.01.